The van der Waals surface area contributed by atoms with E-state index in [0.29, 0.717) is 19.6 Å². The lowest BCUT2D eigenvalue weighted by molar-refractivity contribution is -0.122. The largest absolute Gasteiger partial charge is 0.381 e. The molecule has 1 heterocycles. The monoisotopic (exact) mass is 250 g/mol. The van der Waals surface area contributed by atoms with Gasteiger partial charge in [-0.15, -0.1) is 0 Å². The van der Waals surface area contributed by atoms with Crippen LogP contribution in [0, 0.1) is 6.92 Å². The van der Waals surface area contributed by atoms with Gasteiger partial charge in [0.05, 0.1) is 18.3 Å². The lowest BCUT2D eigenvalue weighted by Crippen LogP contribution is -2.29. The fraction of sp³-hybridized carbons (Fsp3) is 0.571. The Balaban J connectivity index is 2.54. The average Bonchev–Trinajstić information content (AvgIpc) is 2.36. The number of ether oxygens (including phenoxy) is 1. The van der Waals surface area contributed by atoms with Gasteiger partial charge in [-0.3, -0.25) is 9.78 Å². The standard InChI is InChI=1S/C14H22N2O2/c1-4-12(13-8-6-7-11(3)15-13)16-14(17)9-10-18-5-2/h6-8,12H,4-5,9-10H2,1-3H3,(H,16,17). The zero-order valence-electron chi connectivity index (χ0n) is 11.4. The SMILES string of the molecule is CCOCCC(=O)NC(CC)c1cccc(C)n1. The quantitative estimate of drug-likeness (QED) is 0.756. The predicted molar refractivity (Wildman–Crippen MR) is 71.3 cm³/mol. The number of nitrogens with zero attached hydrogens (tertiary/aromatic N) is 1. The first kappa shape index (κ1) is 14.6. The van der Waals surface area contributed by atoms with Crippen molar-refractivity contribution in [2.24, 2.45) is 0 Å². The number of nitrogens with one attached hydrogen (secondary N) is 1. The number of aryl methyl sites for hydroxylation is 1. The lowest BCUT2D eigenvalue weighted by Gasteiger charge is -2.17. The van der Waals surface area contributed by atoms with Crippen LogP contribution in [0.4, 0.5) is 0 Å². The third-order valence-electron chi connectivity index (χ3n) is 2.69. The number of aromatic nitrogens is 1. The molecule has 0 aliphatic carbocycles. The number of pyridine rings is 1. The summed E-state index contributed by atoms with van der Waals surface area (Å²) in [6.07, 6.45) is 1.23. The van der Waals surface area contributed by atoms with Crippen molar-refractivity contribution in [2.75, 3.05) is 13.2 Å². The lowest BCUT2D eigenvalue weighted by atomic mass is 10.1. The normalized spacial score (nSPS) is 12.2. The summed E-state index contributed by atoms with van der Waals surface area (Å²) in [6.45, 7) is 7.03. The summed E-state index contributed by atoms with van der Waals surface area (Å²) in [5.41, 5.74) is 1.89. The Bertz CT molecular complexity index is 380. The Morgan fingerprint density at radius 3 is 2.83 bits per heavy atom. The van der Waals surface area contributed by atoms with Gasteiger partial charge in [-0.25, -0.2) is 0 Å². The van der Waals surface area contributed by atoms with Gasteiger partial charge in [-0.2, -0.15) is 0 Å². The Morgan fingerprint density at radius 1 is 1.44 bits per heavy atom. The van der Waals surface area contributed by atoms with Crippen molar-refractivity contribution in [3.63, 3.8) is 0 Å². The van der Waals surface area contributed by atoms with E-state index in [0.717, 1.165) is 17.8 Å². The van der Waals surface area contributed by atoms with E-state index in [1.807, 2.05) is 39.0 Å². The van der Waals surface area contributed by atoms with Gasteiger partial charge in [0.15, 0.2) is 0 Å². The maximum atomic E-state index is 11.7. The molecule has 1 unspecified atom stereocenters. The second-order valence-corrected chi connectivity index (χ2v) is 4.18. The number of hydrogen-bond acceptors (Lipinski definition) is 3. The molecule has 0 saturated carbocycles. The van der Waals surface area contributed by atoms with E-state index in [1.165, 1.54) is 0 Å². The molecule has 1 aromatic rings. The zero-order chi connectivity index (χ0) is 13.4. The molecule has 0 aliphatic rings. The molecule has 4 heteroatoms. The minimum absolute atomic E-state index is 0.0126. The van der Waals surface area contributed by atoms with Gasteiger partial charge in [0.25, 0.3) is 0 Å². The molecule has 0 bridgehead atoms. The van der Waals surface area contributed by atoms with Crippen LogP contribution >= 0.6 is 0 Å². The second-order valence-electron chi connectivity index (χ2n) is 4.18. The van der Waals surface area contributed by atoms with Gasteiger partial charge in [-0.1, -0.05) is 13.0 Å². The fourth-order valence-electron chi connectivity index (χ4n) is 1.72. The van der Waals surface area contributed by atoms with Crippen LogP contribution in [0.3, 0.4) is 0 Å². The van der Waals surface area contributed by atoms with Gasteiger partial charge < -0.3 is 10.1 Å². The van der Waals surface area contributed by atoms with Crippen LogP contribution in [0.5, 0.6) is 0 Å². The highest BCUT2D eigenvalue weighted by molar-refractivity contribution is 5.76. The Kier molecular flexibility index (Phi) is 6.36. The number of carbonyl (C=O) groups excluding carboxylic acids is 1. The summed E-state index contributed by atoms with van der Waals surface area (Å²) < 4.78 is 5.17. The first-order valence-corrected chi connectivity index (χ1v) is 6.48. The number of rotatable bonds is 7. The van der Waals surface area contributed by atoms with Gasteiger partial charge in [0.2, 0.25) is 5.91 Å². The molecule has 0 spiro atoms. The van der Waals surface area contributed by atoms with Crippen LogP contribution in [0.15, 0.2) is 18.2 Å². The van der Waals surface area contributed by atoms with E-state index < -0.39 is 0 Å². The van der Waals surface area contributed by atoms with Gasteiger partial charge in [0, 0.05) is 18.7 Å². The number of hydrogen-bond donors (Lipinski definition) is 1. The number of amides is 1. The van der Waals surface area contributed by atoms with Crippen molar-refractivity contribution in [3.05, 3.63) is 29.6 Å². The van der Waals surface area contributed by atoms with Crippen molar-refractivity contribution in [1.29, 1.82) is 0 Å². The highest BCUT2D eigenvalue weighted by Crippen LogP contribution is 2.14. The molecule has 0 saturated heterocycles. The smallest absolute Gasteiger partial charge is 0.222 e. The molecule has 18 heavy (non-hydrogen) atoms. The molecule has 1 N–H and O–H groups in total. The number of carbonyl (C=O) groups is 1. The third kappa shape index (κ3) is 4.84. The Hall–Kier alpha value is -1.42. The van der Waals surface area contributed by atoms with Gasteiger partial charge in [0.1, 0.15) is 0 Å². The summed E-state index contributed by atoms with van der Waals surface area (Å²) in [4.78, 5) is 16.2. The average molecular weight is 250 g/mol. The van der Waals surface area contributed by atoms with E-state index in [9.17, 15) is 4.79 Å². The molecule has 0 aromatic carbocycles. The maximum absolute atomic E-state index is 11.7. The van der Waals surface area contributed by atoms with Crippen LogP contribution in [0.25, 0.3) is 0 Å². The molecule has 1 atom stereocenters. The molecule has 100 valence electrons. The van der Waals surface area contributed by atoms with Crippen LogP contribution in [0.1, 0.15) is 44.1 Å². The molecule has 1 aromatic heterocycles. The topological polar surface area (TPSA) is 51.2 Å². The molecule has 1 rings (SSSR count). The molecule has 0 aliphatic heterocycles. The van der Waals surface area contributed by atoms with Crippen LogP contribution in [-0.4, -0.2) is 24.1 Å². The van der Waals surface area contributed by atoms with Crippen LogP contribution < -0.4 is 5.32 Å². The summed E-state index contributed by atoms with van der Waals surface area (Å²) in [5, 5.41) is 2.99. The van der Waals surface area contributed by atoms with E-state index >= 15 is 0 Å². The summed E-state index contributed by atoms with van der Waals surface area (Å²) in [5.74, 6) is 0.0126. The van der Waals surface area contributed by atoms with E-state index in [-0.39, 0.29) is 11.9 Å². The molecule has 0 radical (unpaired) electrons. The van der Waals surface area contributed by atoms with Crippen molar-refractivity contribution in [2.45, 2.75) is 39.7 Å². The van der Waals surface area contributed by atoms with Crippen LogP contribution in [0.2, 0.25) is 0 Å². The predicted octanol–water partition coefficient (Wildman–Crippen LogP) is 2.38. The van der Waals surface area contributed by atoms with Gasteiger partial charge >= 0.3 is 0 Å². The molecule has 4 nitrogen and oxygen atoms in total. The zero-order valence-corrected chi connectivity index (χ0v) is 11.4. The molecule has 1 amide bonds. The molecule has 0 fully saturated rings. The Morgan fingerprint density at radius 2 is 2.22 bits per heavy atom. The minimum Gasteiger partial charge on any atom is -0.381 e. The van der Waals surface area contributed by atoms with Crippen molar-refractivity contribution < 1.29 is 9.53 Å². The van der Waals surface area contributed by atoms with Gasteiger partial charge in [-0.05, 0) is 32.4 Å². The second kappa shape index (κ2) is 7.82. The molecular weight excluding hydrogens is 228 g/mol. The van der Waals surface area contributed by atoms with E-state index in [1.54, 1.807) is 0 Å². The highest BCUT2D eigenvalue weighted by atomic mass is 16.5. The first-order valence-electron chi connectivity index (χ1n) is 6.48. The van der Waals surface area contributed by atoms with Crippen LogP contribution in [-0.2, 0) is 9.53 Å². The van der Waals surface area contributed by atoms with E-state index in [4.69, 9.17) is 4.74 Å². The summed E-state index contributed by atoms with van der Waals surface area (Å²) in [7, 11) is 0. The van der Waals surface area contributed by atoms with Crippen molar-refractivity contribution >= 4 is 5.91 Å². The summed E-state index contributed by atoms with van der Waals surface area (Å²) in [6, 6.07) is 5.85. The minimum atomic E-state index is -0.0148. The maximum Gasteiger partial charge on any atom is 0.222 e. The van der Waals surface area contributed by atoms with E-state index in [2.05, 4.69) is 10.3 Å². The Labute approximate surface area is 109 Å². The van der Waals surface area contributed by atoms with Crippen molar-refractivity contribution in [3.8, 4) is 0 Å². The third-order valence-corrected chi connectivity index (χ3v) is 2.69. The molecular formula is C14H22N2O2. The summed E-state index contributed by atoms with van der Waals surface area (Å²) >= 11 is 0. The van der Waals surface area contributed by atoms with Crippen molar-refractivity contribution in [1.82, 2.24) is 10.3 Å². The first-order chi connectivity index (χ1) is 8.67. The fourth-order valence-corrected chi connectivity index (χ4v) is 1.72. The highest BCUT2D eigenvalue weighted by Gasteiger charge is 2.13.